The lowest BCUT2D eigenvalue weighted by Gasteiger charge is -2.17. The monoisotopic (exact) mass is 241 g/mol. The Morgan fingerprint density at radius 1 is 1.22 bits per heavy atom. The second kappa shape index (κ2) is 6.28. The van der Waals surface area contributed by atoms with Crippen LogP contribution in [0.25, 0.3) is 0 Å². The topological polar surface area (TPSA) is 50.9 Å². The van der Waals surface area contributed by atoms with E-state index in [2.05, 4.69) is 47.7 Å². The third-order valence-corrected chi connectivity index (χ3v) is 3.13. The molecule has 0 spiro atoms. The van der Waals surface area contributed by atoms with E-state index in [1.807, 2.05) is 12.3 Å². The lowest BCUT2D eigenvalue weighted by Crippen LogP contribution is -2.29. The fourth-order valence-corrected chi connectivity index (χ4v) is 2.06. The van der Waals surface area contributed by atoms with Crippen LogP contribution < -0.4 is 11.3 Å². The van der Waals surface area contributed by atoms with E-state index in [1.54, 1.807) is 6.20 Å². The van der Waals surface area contributed by atoms with Crippen LogP contribution >= 0.6 is 0 Å². The van der Waals surface area contributed by atoms with Gasteiger partial charge in [-0.1, -0.05) is 37.3 Å². The molecule has 1 heterocycles. The molecule has 0 saturated carbocycles. The normalized spacial score (nSPS) is 12.3. The molecule has 18 heavy (non-hydrogen) atoms. The highest BCUT2D eigenvalue weighted by Gasteiger charge is 2.10. The first-order valence-electron chi connectivity index (χ1n) is 6.27. The molecule has 3 nitrogen and oxygen atoms in total. The summed E-state index contributed by atoms with van der Waals surface area (Å²) in [6.07, 6.45) is 5.55. The molecular formula is C15H19N3. The van der Waals surface area contributed by atoms with E-state index in [-0.39, 0.29) is 6.04 Å². The Balaban J connectivity index is 2.17. The number of nitrogens with one attached hydrogen (secondary N) is 1. The molecule has 0 amide bonds. The van der Waals surface area contributed by atoms with Crippen LogP contribution in [0.1, 0.15) is 29.7 Å². The highest BCUT2D eigenvalue weighted by atomic mass is 15.2. The maximum absolute atomic E-state index is 5.67. The van der Waals surface area contributed by atoms with E-state index in [1.165, 1.54) is 16.7 Å². The summed E-state index contributed by atoms with van der Waals surface area (Å²) in [5.74, 6) is 5.67. The van der Waals surface area contributed by atoms with Crippen LogP contribution in [0.15, 0.2) is 48.8 Å². The van der Waals surface area contributed by atoms with Crippen molar-refractivity contribution in [3.05, 3.63) is 65.5 Å². The van der Waals surface area contributed by atoms with Crippen LogP contribution in [0.4, 0.5) is 0 Å². The van der Waals surface area contributed by atoms with Gasteiger partial charge in [-0.3, -0.25) is 16.3 Å². The van der Waals surface area contributed by atoms with Gasteiger partial charge in [0.2, 0.25) is 0 Å². The van der Waals surface area contributed by atoms with Crippen LogP contribution in [0.5, 0.6) is 0 Å². The van der Waals surface area contributed by atoms with E-state index >= 15 is 0 Å². The average Bonchev–Trinajstić information content (AvgIpc) is 2.46. The first kappa shape index (κ1) is 12.7. The number of hydrogen-bond acceptors (Lipinski definition) is 3. The minimum atomic E-state index is 0.126. The number of rotatable bonds is 5. The SMILES string of the molecule is CCc1cccc(C(Cc2cccnc2)NN)c1. The van der Waals surface area contributed by atoms with Crippen LogP contribution in [-0.4, -0.2) is 4.98 Å². The van der Waals surface area contributed by atoms with Gasteiger partial charge in [-0.15, -0.1) is 0 Å². The highest BCUT2D eigenvalue weighted by molar-refractivity contribution is 5.27. The number of pyridine rings is 1. The lowest BCUT2D eigenvalue weighted by molar-refractivity contribution is 0.551. The predicted molar refractivity (Wildman–Crippen MR) is 73.8 cm³/mol. The first-order valence-corrected chi connectivity index (χ1v) is 6.27. The predicted octanol–water partition coefficient (Wildman–Crippen LogP) is 2.39. The van der Waals surface area contributed by atoms with Crippen molar-refractivity contribution >= 4 is 0 Å². The Labute approximate surface area is 108 Å². The largest absolute Gasteiger partial charge is 0.271 e. The number of benzene rings is 1. The van der Waals surface area contributed by atoms with E-state index < -0.39 is 0 Å². The van der Waals surface area contributed by atoms with E-state index in [0.29, 0.717) is 0 Å². The molecule has 1 aromatic heterocycles. The molecule has 0 aliphatic carbocycles. The Morgan fingerprint density at radius 2 is 2.06 bits per heavy atom. The Bertz CT molecular complexity index is 482. The summed E-state index contributed by atoms with van der Waals surface area (Å²) in [6.45, 7) is 2.16. The average molecular weight is 241 g/mol. The third-order valence-electron chi connectivity index (χ3n) is 3.13. The molecule has 0 radical (unpaired) electrons. The van der Waals surface area contributed by atoms with Gasteiger partial charge in [-0.25, -0.2) is 0 Å². The number of hydrazine groups is 1. The summed E-state index contributed by atoms with van der Waals surface area (Å²) in [5, 5.41) is 0. The molecule has 3 N–H and O–H groups in total. The van der Waals surface area contributed by atoms with E-state index in [9.17, 15) is 0 Å². The second-order valence-electron chi connectivity index (χ2n) is 4.38. The minimum absolute atomic E-state index is 0.126. The molecule has 0 aliphatic rings. The van der Waals surface area contributed by atoms with Crippen molar-refractivity contribution in [2.24, 2.45) is 5.84 Å². The highest BCUT2D eigenvalue weighted by Crippen LogP contribution is 2.18. The zero-order chi connectivity index (χ0) is 12.8. The summed E-state index contributed by atoms with van der Waals surface area (Å²) in [5.41, 5.74) is 6.63. The van der Waals surface area contributed by atoms with Crippen LogP contribution in [0.3, 0.4) is 0 Å². The molecule has 0 bridgehead atoms. The van der Waals surface area contributed by atoms with Crippen molar-refractivity contribution in [1.29, 1.82) is 0 Å². The van der Waals surface area contributed by atoms with Crippen LogP contribution in [-0.2, 0) is 12.8 Å². The molecule has 1 atom stereocenters. The lowest BCUT2D eigenvalue weighted by atomic mass is 9.98. The Morgan fingerprint density at radius 3 is 2.72 bits per heavy atom. The molecule has 0 saturated heterocycles. The number of nitrogens with zero attached hydrogens (tertiary/aromatic N) is 1. The minimum Gasteiger partial charge on any atom is -0.271 e. The van der Waals surface area contributed by atoms with Crippen molar-refractivity contribution in [2.45, 2.75) is 25.8 Å². The Hall–Kier alpha value is -1.71. The fourth-order valence-electron chi connectivity index (χ4n) is 2.06. The molecule has 94 valence electrons. The zero-order valence-electron chi connectivity index (χ0n) is 10.6. The maximum Gasteiger partial charge on any atom is 0.0500 e. The van der Waals surface area contributed by atoms with Crippen LogP contribution in [0, 0.1) is 0 Å². The smallest absolute Gasteiger partial charge is 0.0500 e. The molecule has 2 aromatic rings. The van der Waals surface area contributed by atoms with Crippen molar-refractivity contribution in [3.63, 3.8) is 0 Å². The van der Waals surface area contributed by atoms with Crippen molar-refractivity contribution < 1.29 is 0 Å². The van der Waals surface area contributed by atoms with Gasteiger partial charge < -0.3 is 0 Å². The standard InChI is InChI=1S/C15H19N3/c1-2-12-5-3-7-14(9-12)15(18-16)10-13-6-4-8-17-11-13/h3-9,11,15,18H,2,10,16H2,1H3. The van der Waals surface area contributed by atoms with Gasteiger partial charge >= 0.3 is 0 Å². The van der Waals surface area contributed by atoms with Gasteiger partial charge in [0, 0.05) is 12.4 Å². The summed E-state index contributed by atoms with van der Waals surface area (Å²) >= 11 is 0. The van der Waals surface area contributed by atoms with Gasteiger partial charge in [0.25, 0.3) is 0 Å². The number of aryl methyl sites for hydroxylation is 1. The molecule has 0 aliphatic heterocycles. The van der Waals surface area contributed by atoms with Crippen molar-refractivity contribution in [1.82, 2.24) is 10.4 Å². The van der Waals surface area contributed by atoms with Gasteiger partial charge in [-0.2, -0.15) is 0 Å². The number of nitrogens with two attached hydrogens (primary N) is 1. The summed E-state index contributed by atoms with van der Waals surface area (Å²) in [6, 6.07) is 12.7. The summed E-state index contributed by atoms with van der Waals surface area (Å²) < 4.78 is 0. The Kier molecular flexibility index (Phi) is 4.45. The molecule has 2 rings (SSSR count). The molecule has 0 fully saturated rings. The molecule has 3 heteroatoms. The quantitative estimate of drug-likeness (QED) is 0.624. The summed E-state index contributed by atoms with van der Waals surface area (Å²) in [7, 11) is 0. The van der Waals surface area contributed by atoms with Gasteiger partial charge in [0.1, 0.15) is 0 Å². The van der Waals surface area contributed by atoms with Crippen molar-refractivity contribution in [2.75, 3.05) is 0 Å². The van der Waals surface area contributed by atoms with Gasteiger partial charge in [0.05, 0.1) is 6.04 Å². The van der Waals surface area contributed by atoms with Crippen molar-refractivity contribution in [3.8, 4) is 0 Å². The van der Waals surface area contributed by atoms with Gasteiger partial charge in [0.15, 0.2) is 0 Å². The fraction of sp³-hybridized carbons (Fsp3) is 0.267. The second-order valence-corrected chi connectivity index (χ2v) is 4.38. The van der Waals surface area contributed by atoms with Crippen LogP contribution in [0.2, 0.25) is 0 Å². The van der Waals surface area contributed by atoms with E-state index in [4.69, 9.17) is 5.84 Å². The van der Waals surface area contributed by atoms with Gasteiger partial charge in [-0.05, 0) is 35.6 Å². The van der Waals surface area contributed by atoms with E-state index in [0.717, 1.165) is 12.8 Å². The first-order chi connectivity index (χ1) is 8.83. The molecular weight excluding hydrogens is 222 g/mol. The third kappa shape index (κ3) is 3.15. The maximum atomic E-state index is 5.67. The molecule has 1 aromatic carbocycles. The summed E-state index contributed by atoms with van der Waals surface area (Å²) in [4.78, 5) is 4.13. The molecule has 1 unspecified atom stereocenters. The number of aromatic nitrogens is 1. The number of hydrogen-bond donors (Lipinski definition) is 2. The zero-order valence-corrected chi connectivity index (χ0v) is 10.6.